The SMILES string of the molecule is NC(=O)c1ccc2c(=O)c3cc(NCCO)ccc3sc2c1. The molecule has 0 saturated heterocycles. The lowest BCUT2D eigenvalue weighted by molar-refractivity contribution is 0.100. The van der Waals surface area contributed by atoms with E-state index < -0.39 is 5.91 Å². The van der Waals surface area contributed by atoms with E-state index in [1.54, 1.807) is 24.3 Å². The fourth-order valence-electron chi connectivity index (χ4n) is 2.32. The third-order valence-corrected chi connectivity index (χ3v) is 4.53. The molecule has 0 aliphatic heterocycles. The molecule has 6 heteroatoms. The summed E-state index contributed by atoms with van der Waals surface area (Å²) in [4.78, 5) is 23.9. The average Bonchev–Trinajstić information content (AvgIpc) is 2.52. The molecule has 0 spiro atoms. The van der Waals surface area contributed by atoms with Crippen LogP contribution in [0.25, 0.3) is 20.2 Å². The fourth-order valence-corrected chi connectivity index (χ4v) is 3.41. The van der Waals surface area contributed by atoms with Gasteiger partial charge in [0.1, 0.15) is 0 Å². The molecule has 0 fully saturated rings. The molecule has 1 amide bonds. The number of anilines is 1. The van der Waals surface area contributed by atoms with Crippen molar-refractivity contribution in [1.82, 2.24) is 0 Å². The van der Waals surface area contributed by atoms with Gasteiger partial charge < -0.3 is 16.2 Å². The normalized spacial score (nSPS) is 11.0. The van der Waals surface area contributed by atoms with Crippen LogP contribution in [-0.2, 0) is 0 Å². The van der Waals surface area contributed by atoms with Crippen molar-refractivity contribution in [2.45, 2.75) is 0 Å². The van der Waals surface area contributed by atoms with Crippen LogP contribution < -0.4 is 16.5 Å². The number of amides is 1. The van der Waals surface area contributed by atoms with Gasteiger partial charge in [-0.3, -0.25) is 9.59 Å². The minimum absolute atomic E-state index is 0.0263. The monoisotopic (exact) mass is 314 g/mol. The third-order valence-electron chi connectivity index (χ3n) is 3.40. The summed E-state index contributed by atoms with van der Waals surface area (Å²) in [6.07, 6.45) is 0. The summed E-state index contributed by atoms with van der Waals surface area (Å²) in [7, 11) is 0. The van der Waals surface area contributed by atoms with Crippen molar-refractivity contribution in [2.75, 3.05) is 18.5 Å². The number of carbonyl (C=O) groups excluding carboxylic acids is 1. The summed E-state index contributed by atoms with van der Waals surface area (Å²) in [5.41, 5.74) is 6.39. The average molecular weight is 314 g/mol. The summed E-state index contributed by atoms with van der Waals surface area (Å²) in [6, 6.07) is 10.4. The van der Waals surface area contributed by atoms with Crippen molar-refractivity contribution in [3.05, 3.63) is 52.2 Å². The molecular weight excluding hydrogens is 300 g/mol. The number of nitrogens with one attached hydrogen (secondary N) is 1. The summed E-state index contributed by atoms with van der Waals surface area (Å²) >= 11 is 1.44. The number of nitrogens with two attached hydrogens (primary N) is 1. The maximum atomic E-state index is 12.6. The van der Waals surface area contributed by atoms with Crippen LogP contribution in [0.3, 0.4) is 0 Å². The maximum absolute atomic E-state index is 12.6. The van der Waals surface area contributed by atoms with Gasteiger partial charge in [-0.1, -0.05) is 0 Å². The Labute approximate surface area is 130 Å². The molecule has 0 saturated carbocycles. The van der Waals surface area contributed by atoms with Crippen molar-refractivity contribution in [3.63, 3.8) is 0 Å². The molecule has 0 atom stereocenters. The van der Waals surface area contributed by atoms with Crippen LogP contribution in [0.5, 0.6) is 0 Å². The molecule has 0 bridgehead atoms. The lowest BCUT2D eigenvalue weighted by Crippen LogP contribution is -2.11. The standard InChI is InChI=1S/C16H14N2O3S/c17-16(21)9-1-3-11-14(7-9)22-13-4-2-10(18-5-6-19)8-12(13)15(11)20/h1-4,7-8,18-19H,5-6H2,(H2,17,21). The van der Waals surface area contributed by atoms with E-state index in [1.807, 2.05) is 12.1 Å². The number of aliphatic hydroxyl groups is 1. The van der Waals surface area contributed by atoms with Gasteiger partial charge in [0, 0.05) is 38.0 Å². The van der Waals surface area contributed by atoms with Crippen LogP contribution in [0.1, 0.15) is 10.4 Å². The number of aliphatic hydroxyl groups excluding tert-OH is 1. The Morgan fingerprint density at radius 2 is 1.95 bits per heavy atom. The highest BCUT2D eigenvalue weighted by Gasteiger charge is 2.09. The molecule has 0 unspecified atom stereocenters. The second-order valence-electron chi connectivity index (χ2n) is 4.87. The Morgan fingerprint density at radius 3 is 2.68 bits per heavy atom. The minimum atomic E-state index is -0.509. The first-order chi connectivity index (χ1) is 10.6. The topological polar surface area (TPSA) is 92.4 Å². The van der Waals surface area contributed by atoms with E-state index in [0.29, 0.717) is 22.9 Å². The summed E-state index contributed by atoms with van der Waals surface area (Å²) < 4.78 is 1.58. The van der Waals surface area contributed by atoms with E-state index in [2.05, 4.69) is 5.32 Å². The highest BCUT2D eigenvalue weighted by Crippen LogP contribution is 2.27. The Bertz CT molecular complexity index is 934. The summed E-state index contributed by atoms with van der Waals surface area (Å²) in [5.74, 6) is -0.509. The van der Waals surface area contributed by atoms with Gasteiger partial charge in [-0.25, -0.2) is 0 Å². The molecule has 22 heavy (non-hydrogen) atoms. The predicted molar refractivity (Wildman–Crippen MR) is 89.7 cm³/mol. The van der Waals surface area contributed by atoms with Crippen LogP contribution in [0, 0.1) is 0 Å². The molecule has 0 aliphatic rings. The van der Waals surface area contributed by atoms with Gasteiger partial charge in [0.15, 0.2) is 5.43 Å². The zero-order valence-corrected chi connectivity index (χ0v) is 12.4. The van der Waals surface area contributed by atoms with Crippen molar-refractivity contribution in [3.8, 4) is 0 Å². The molecule has 0 radical (unpaired) electrons. The Hall–Kier alpha value is -2.44. The third kappa shape index (κ3) is 2.54. The lowest BCUT2D eigenvalue weighted by Gasteiger charge is -2.07. The van der Waals surface area contributed by atoms with Crippen LogP contribution in [0.2, 0.25) is 0 Å². The molecule has 1 heterocycles. The number of fused-ring (bicyclic) bond motifs is 2. The highest BCUT2D eigenvalue weighted by atomic mass is 32.1. The summed E-state index contributed by atoms with van der Waals surface area (Å²) in [5, 5.41) is 13.1. The lowest BCUT2D eigenvalue weighted by atomic mass is 10.1. The molecule has 1 aromatic heterocycles. The van der Waals surface area contributed by atoms with Gasteiger partial charge in [-0.05, 0) is 36.4 Å². The van der Waals surface area contributed by atoms with Crippen LogP contribution >= 0.6 is 11.3 Å². The zero-order chi connectivity index (χ0) is 15.7. The van der Waals surface area contributed by atoms with Crippen molar-refractivity contribution in [2.24, 2.45) is 5.73 Å². The van der Waals surface area contributed by atoms with Gasteiger partial charge in [-0.2, -0.15) is 0 Å². The number of benzene rings is 2. The quantitative estimate of drug-likeness (QED) is 0.641. The van der Waals surface area contributed by atoms with Crippen molar-refractivity contribution < 1.29 is 9.90 Å². The van der Waals surface area contributed by atoms with Gasteiger partial charge in [0.25, 0.3) is 0 Å². The Morgan fingerprint density at radius 1 is 1.14 bits per heavy atom. The van der Waals surface area contributed by atoms with Gasteiger partial charge >= 0.3 is 0 Å². The molecule has 3 rings (SSSR count). The second kappa shape index (κ2) is 5.75. The first-order valence-corrected chi connectivity index (χ1v) is 7.57. The van der Waals surface area contributed by atoms with Crippen molar-refractivity contribution in [1.29, 1.82) is 0 Å². The first-order valence-electron chi connectivity index (χ1n) is 6.75. The Balaban J connectivity index is 2.22. The number of primary amides is 1. The molecular formula is C16H14N2O3S. The van der Waals surface area contributed by atoms with Gasteiger partial charge in [0.2, 0.25) is 5.91 Å². The minimum Gasteiger partial charge on any atom is -0.395 e. The van der Waals surface area contributed by atoms with Crippen LogP contribution in [0.4, 0.5) is 5.69 Å². The van der Waals surface area contributed by atoms with Crippen molar-refractivity contribution >= 4 is 43.1 Å². The molecule has 4 N–H and O–H groups in total. The number of hydrogen-bond acceptors (Lipinski definition) is 5. The molecule has 112 valence electrons. The zero-order valence-electron chi connectivity index (χ0n) is 11.6. The molecule has 5 nitrogen and oxygen atoms in total. The largest absolute Gasteiger partial charge is 0.395 e. The number of carbonyl (C=O) groups is 1. The van der Waals surface area contributed by atoms with E-state index in [-0.39, 0.29) is 12.0 Å². The highest BCUT2D eigenvalue weighted by molar-refractivity contribution is 7.24. The number of rotatable bonds is 4. The Kier molecular flexibility index (Phi) is 3.79. The van der Waals surface area contributed by atoms with Crippen LogP contribution in [-0.4, -0.2) is 24.2 Å². The smallest absolute Gasteiger partial charge is 0.248 e. The predicted octanol–water partition coefficient (Wildman–Crippen LogP) is 1.92. The molecule has 2 aromatic carbocycles. The summed E-state index contributed by atoms with van der Waals surface area (Å²) in [6.45, 7) is 0.456. The fraction of sp³-hybridized carbons (Fsp3) is 0.125. The maximum Gasteiger partial charge on any atom is 0.248 e. The van der Waals surface area contributed by atoms with Gasteiger partial charge in [0.05, 0.1) is 6.61 Å². The number of hydrogen-bond donors (Lipinski definition) is 3. The van der Waals surface area contributed by atoms with Gasteiger partial charge in [-0.15, -0.1) is 11.3 Å². The van der Waals surface area contributed by atoms with E-state index >= 15 is 0 Å². The molecule has 0 aliphatic carbocycles. The van der Waals surface area contributed by atoms with E-state index in [4.69, 9.17) is 10.8 Å². The van der Waals surface area contributed by atoms with E-state index in [1.165, 1.54) is 11.3 Å². The van der Waals surface area contributed by atoms with E-state index in [9.17, 15) is 9.59 Å². The second-order valence-corrected chi connectivity index (χ2v) is 5.95. The van der Waals surface area contributed by atoms with E-state index in [0.717, 1.165) is 15.1 Å². The first kappa shape index (κ1) is 14.5. The molecule has 3 aromatic rings. The van der Waals surface area contributed by atoms with Crippen LogP contribution in [0.15, 0.2) is 41.2 Å².